The third-order valence-corrected chi connectivity index (χ3v) is 4.61. The molecule has 8 nitrogen and oxygen atoms in total. The SMILES string of the molecule is CCNC(=NCC(C)Oc1ccccc1OC)NC1CCN(C(=O)OCC)CC1.I. The molecular weight excluding hydrogens is 499 g/mol. The van der Waals surface area contributed by atoms with E-state index in [-0.39, 0.29) is 42.2 Å². The highest BCUT2D eigenvalue weighted by Gasteiger charge is 2.24. The lowest BCUT2D eigenvalue weighted by Gasteiger charge is -2.32. The summed E-state index contributed by atoms with van der Waals surface area (Å²) >= 11 is 0. The van der Waals surface area contributed by atoms with Crippen molar-refractivity contribution in [1.29, 1.82) is 0 Å². The molecule has 9 heteroatoms. The van der Waals surface area contributed by atoms with Crippen molar-refractivity contribution in [1.82, 2.24) is 15.5 Å². The third-order valence-electron chi connectivity index (χ3n) is 4.61. The van der Waals surface area contributed by atoms with Crippen molar-refractivity contribution in [2.24, 2.45) is 4.99 Å². The molecular formula is C21H35IN4O4. The average Bonchev–Trinajstić information content (AvgIpc) is 2.73. The maximum atomic E-state index is 11.8. The zero-order valence-electron chi connectivity index (χ0n) is 18.3. The lowest BCUT2D eigenvalue weighted by molar-refractivity contribution is 0.0963. The largest absolute Gasteiger partial charge is 0.493 e. The second-order valence-corrected chi connectivity index (χ2v) is 6.90. The van der Waals surface area contributed by atoms with Crippen LogP contribution < -0.4 is 20.1 Å². The summed E-state index contributed by atoms with van der Waals surface area (Å²) in [6.07, 6.45) is 1.38. The number of amides is 1. The number of piperidine rings is 1. The molecule has 2 rings (SSSR count). The molecule has 1 aromatic rings. The van der Waals surface area contributed by atoms with Gasteiger partial charge >= 0.3 is 6.09 Å². The maximum Gasteiger partial charge on any atom is 0.409 e. The molecule has 2 N–H and O–H groups in total. The van der Waals surface area contributed by atoms with Gasteiger partial charge in [0.15, 0.2) is 17.5 Å². The summed E-state index contributed by atoms with van der Waals surface area (Å²) in [5.41, 5.74) is 0. The van der Waals surface area contributed by atoms with Gasteiger partial charge in [-0.2, -0.15) is 0 Å². The predicted molar refractivity (Wildman–Crippen MR) is 129 cm³/mol. The fraction of sp³-hybridized carbons (Fsp3) is 0.619. The van der Waals surface area contributed by atoms with Crippen LogP contribution in [0.3, 0.4) is 0 Å². The van der Waals surface area contributed by atoms with Crippen molar-refractivity contribution < 1.29 is 19.0 Å². The molecule has 1 amide bonds. The van der Waals surface area contributed by atoms with Crippen LogP contribution in [0.25, 0.3) is 0 Å². The van der Waals surface area contributed by atoms with E-state index in [9.17, 15) is 4.79 Å². The summed E-state index contributed by atoms with van der Waals surface area (Å²) in [6, 6.07) is 7.86. The van der Waals surface area contributed by atoms with E-state index in [1.165, 1.54) is 0 Å². The Kier molecular flexibility index (Phi) is 12.3. The summed E-state index contributed by atoms with van der Waals surface area (Å²) in [6.45, 7) is 8.90. The first-order valence-corrected chi connectivity index (χ1v) is 10.3. The molecule has 0 saturated carbocycles. The molecule has 170 valence electrons. The van der Waals surface area contributed by atoms with Gasteiger partial charge in [-0.15, -0.1) is 24.0 Å². The van der Waals surface area contributed by atoms with E-state index in [1.54, 1.807) is 12.0 Å². The van der Waals surface area contributed by atoms with Gasteiger partial charge in [0.25, 0.3) is 0 Å². The molecule has 1 atom stereocenters. The van der Waals surface area contributed by atoms with Gasteiger partial charge < -0.3 is 29.7 Å². The summed E-state index contributed by atoms with van der Waals surface area (Å²) in [7, 11) is 1.63. The molecule has 1 unspecified atom stereocenters. The number of rotatable bonds is 8. The van der Waals surface area contributed by atoms with Crippen LogP contribution in [-0.2, 0) is 4.74 Å². The second-order valence-electron chi connectivity index (χ2n) is 6.90. The number of methoxy groups -OCH3 is 1. The lowest BCUT2D eigenvalue weighted by Crippen LogP contribution is -2.50. The number of nitrogens with one attached hydrogen (secondary N) is 2. The highest BCUT2D eigenvalue weighted by atomic mass is 127. The van der Waals surface area contributed by atoms with Crippen molar-refractivity contribution in [2.75, 3.05) is 39.9 Å². The van der Waals surface area contributed by atoms with Crippen LogP contribution in [0, 0.1) is 0 Å². The molecule has 1 aliphatic heterocycles. The Morgan fingerprint density at radius 2 is 1.90 bits per heavy atom. The van der Waals surface area contributed by atoms with Crippen LogP contribution in [0.2, 0.25) is 0 Å². The Morgan fingerprint density at radius 3 is 2.50 bits per heavy atom. The number of guanidine groups is 1. The first-order chi connectivity index (χ1) is 14.1. The van der Waals surface area contributed by atoms with Gasteiger partial charge in [0.1, 0.15) is 6.10 Å². The summed E-state index contributed by atoms with van der Waals surface area (Å²) in [5.74, 6) is 2.18. The number of benzene rings is 1. The Bertz CT molecular complexity index is 666. The minimum absolute atomic E-state index is 0. The third kappa shape index (κ3) is 8.45. The van der Waals surface area contributed by atoms with E-state index in [4.69, 9.17) is 14.2 Å². The van der Waals surface area contributed by atoms with E-state index in [2.05, 4.69) is 15.6 Å². The standard InChI is InChI=1S/C21H34N4O4.HI/c1-5-22-20(24-17-11-13-25(14-12-17)21(26)28-6-2)23-15-16(3)29-19-10-8-7-9-18(19)27-4;/h7-10,16-17H,5-6,11-15H2,1-4H3,(H2,22,23,24);1H. The predicted octanol–water partition coefficient (Wildman–Crippen LogP) is 3.26. The Morgan fingerprint density at radius 1 is 1.23 bits per heavy atom. The van der Waals surface area contributed by atoms with Crippen molar-refractivity contribution in [3.8, 4) is 11.5 Å². The number of aliphatic imine (C=N–C) groups is 1. The number of ether oxygens (including phenoxy) is 3. The first kappa shape index (κ1) is 26.1. The number of hydrogen-bond acceptors (Lipinski definition) is 5. The zero-order valence-corrected chi connectivity index (χ0v) is 20.7. The smallest absolute Gasteiger partial charge is 0.409 e. The summed E-state index contributed by atoms with van der Waals surface area (Å²) in [4.78, 5) is 18.3. The van der Waals surface area contributed by atoms with Gasteiger partial charge in [0.2, 0.25) is 0 Å². The van der Waals surface area contributed by atoms with Crippen LogP contribution in [0.4, 0.5) is 4.79 Å². The monoisotopic (exact) mass is 534 g/mol. The van der Waals surface area contributed by atoms with E-state index in [0.717, 1.165) is 25.3 Å². The first-order valence-electron chi connectivity index (χ1n) is 10.3. The van der Waals surface area contributed by atoms with Gasteiger partial charge in [-0.1, -0.05) is 12.1 Å². The number of carbonyl (C=O) groups excluding carboxylic acids is 1. The van der Waals surface area contributed by atoms with Gasteiger partial charge in [0, 0.05) is 25.7 Å². The molecule has 0 aromatic heterocycles. The number of nitrogens with zero attached hydrogens (tertiary/aromatic N) is 2. The van der Waals surface area contributed by atoms with Gasteiger partial charge in [-0.05, 0) is 45.7 Å². The number of hydrogen-bond donors (Lipinski definition) is 2. The van der Waals surface area contributed by atoms with Crippen LogP contribution in [0.1, 0.15) is 33.6 Å². The van der Waals surface area contributed by atoms with Crippen LogP contribution in [0.5, 0.6) is 11.5 Å². The molecule has 0 bridgehead atoms. The zero-order chi connectivity index (χ0) is 21.1. The van der Waals surface area contributed by atoms with Crippen LogP contribution in [-0.4, -0.2) is 69.0 Å². The number of carbonyl (C=O) groups is 1. The topological polar surface area (TPSA) is 84.4 Å². The van der Waals surface area contributed by atoms with E-state index < -0.39 is 0 Å². The normalized spacial score (nSPS) is 15.6. The Balaban J connectivity index is 0.00000450. The maximum absolute atomic E-state index is 11.8. The minimum Gasteiger partial charge on any atom is -0.493 e. The van der Waals surface area contributed by atoms with Crippen molar-refractivity contribution >= 4 is 36.0 Å². The molecule has 1 aliphatic rings. The van der Waals surface area contributed by atoms with E-state index in [0.29, 0.717) is 37.7 Å². The Labute approximate surface area is 196 Å². The quantitative estimate of drug-likeness (QED) is 0.303. The molecule has 30 heavy (non-hydrogen) atoms. The number of likely N-dealkylation sites (tertiary alicyclic amines) is 1. The van der Waals surface area contributed by atoms with Crippen molar-refractivity contribution in [3.05, 3.63) is 24.3 Å². The fourth-order valence-corrected chi connectivity index (χ4v) is 3.12. The van der Waals surface area contributed by atoms with Crippen LogP contribution in [0.15, 0.2) is 29.3 Å². The molecule has 0 spiro atoms. The van der Waals surface area contributed by atoms with Gasteiger partial charge in [-0.25, -0.2) is 9.79 Å². The molecule has 1 heterocycles. The van der Waals surface area contributed by atoms with Crippen molar-refractivity contribution in [3.63, 3.8) is 0 Å². The number of para-hydroxylation sites is 2. The van der Waals surface area contributed by atoms with Gasteiger partial charge in [0.05, 0.1) is 20.3 Å². The minimum atomic E-state index is -0.228. The van der Waals surface area contributed by atoms with Crippen molar-refractivity contribution in [2.45, 2.75) is 45.8 Å². The second kappa shape index (κ2) is 14.2. The molecule has 0 radical (unpaired) electrons. The summed E-state index contributed by atoms with van der Waals surface area (Å²) in [5, 5.41) is 6.75. The Hall–Kier alpha value is -1.91. The molecule has 1 fully saturated rings. The number of halogens is 1. The summed E-state index contributed by atoms with van der Waals surface area (Å²) < 4.78 is 16.4. The van der Waals surface area contributed by atoms with Crippen LogP contribution >= 0.6 is 24.0 Å². The lowest BCUT2D eigenvalue weighted by atomic mass is 10.1. The van der Waals surface area contributed by atoms with Gasteiger partial charge in [-0.3, -0.25) is 0 Å². The highest BCUT2D eigenvalue weighted by Crippen LogP contribution is 2.26. The highest BCUT2D eigenvalue weighted by molar-refractivity contribution is 14.0. The molecule has 1 aromatic carbocycles. The molecule has 1 saturated heterocycles. The average molecular weight is 534 g/mol. The molecule has 0 aliphatic carbocycles. The van der Waals surface area contributed by atoms with E-state index in [1.807, 2.05) is 45.0 Å². The van der Waals surface area contributed by atoms with E-state index >= 15 is 0 Å². The fourth-order valence-electron chi connectivity index (χ4n) is 3.12.